The van der Waals surface area contributed by atoms with Crippen molar-refractivity contribution in [2.75, 3.05) is 0 Å². The summed E-state index contributed by atoms with van der Waals surface area (Å²) in [6.45, 7) is 0. The van der Waals surface area contributed by atoms with E-state index < -0.39 is 0 Å². The highest BCUT2D eigenvalue weighted by molar-refractivity contribution is 9.11. The molecule has 1 aliphatic heterocycles. The summed E-state index contributed by atoms with van der Waals surface area (Å²) in [6, 6.07) is 8.55. The molecule has 0 saturated carbocycles. The van der Waals surface area contributed by atoms with Crippen LogP contribution in [0.4, 0.5) is 0 Å². The first-order valence-electron chi connectivity index (χ1n) is 4.17. The van der Waals surface area contributed by atoms with Crippen LogP contribution in [0.2, 0.25) is 0 Å². The molecule has 64 valence electrons. The lowest BCUT2D eigenvalue weighted by atomic mass is 10.1. The van der Waals surface area contributed by atoms with Crippen LogP contribution in [0.3, 0.4) is 0 Å². The summed E-state index contributed by atoms with van der Waals surface area (Å²) in [7, 11) is 0. The predicted molar refractivity (Wildman–Crippen MR) is 62.7 cm³/mol. The summed E-state index contributed by atoms with van der Waals surface area (Å²) >= 11 is 5.49. The first-order chi connectivity index (χ1) is 6.36. The van der Waals surface area contributed by atoms with Crippen LogP contribution in [0.25, 0.3) is 11.6 Å². The van der Waals surface area contributed by atoms with Gasteiger partial charge in [0.1, 0.15) is 0 Å². The van der Waals surface area contributed by atoms with Gasteiger partial charge in [0.2, 0.25) is 0 Å². The normalized spacial score (nSPS) is 23.6. The Morgan fingerprint density at radius 3 is 3.00 bits per heavy atom. The Hall–Kier alpha value is -0.470. The lowest BCUT2D eigenvalue weighted by Gasteiger charge is -2.00. The quantitative estimate of drug-likeness (QED) is 0.630. The fraction of sp³-hybridized carbons (Fsp3) is 0.0909. The van der Waals surface area contributed by atoms with Gasteiger partial charge in [-0.1, -0.05) is 40.2 Å². The highest BCUT2D eigenvalue weighted by Crippen LogP contribution is 2.49. The van der Waals surface area contributed by atoms with E-state index in [2.05, 4.69) is 51.7 Å². The Morgan fingerprint density at radius 2 is 2.08 bits per heavy atom. The number of alkyl halides is 1. The Kier molecular flexibility index (Phi) is 1.67. The Balaban J connectivity index is 2.23. The van der Waals surface area contributed by atoms with Crippen molar-refractivity contribution >= 4 is 39.3 Å². The third-order valence-corrected chi connectivity index (χ3v) is 4.43. The van der Waals surface area contributed by atoms with E-state index in [4.69, 9.17) is 0 Å². The number of rotatable bonds is 0. The van der Waals surface area contributed by atoms with Gasteiger partial charge < -0.3 is 0 Å². The average molecular weight is 251 g/mol. The van der Waals surface area contributed by atoms with E-state index in [-0.39, 0.29) is 0 Å². The maximum absolute atomic E-state index is 3.65. The minimum atomic E-state index is 0.454. The van der Waals surface area contributed by atoms with E-state index >= 15 is 0 Å². The lowest BCUT2D eigenvalue weighted by Crippen LogP contribution is -1.87. The second-order valence-electron chi connectivity index (χ2n) is 3.17. The molecule has 2 aliphatic rings. The number of hydrogen-bond donors (Lipinski definition) is 0. The van der Waals surface area contributed by atoms with Crippen LogP contribution in [-0.4, -0.2) is 4.16 Å². The monoisotopic (exact) mass is 250 g/mol. The maximum Gasteiger partial charge on any atom is 0.0896 e. The molecule has 0 fully saturated rings. The van der Waals surface area contributed by atoms with Crippen molar-refractivity contribution in [2.45, 2.75) is 4.16 Å². The van der Waals surface area contributed by atoms with Crippen LogP contribution in [0.15, 0.2) is 35.2 Å². The van der Waals surface area contributed by atoms with Crippen molar-refractivity contribution in [3.63, 3.8) is 0 Å². The summed E-state index contributed by atoms with van der Waals surface area (Å²) in [6.07, 6.45) is 2.28. The standard InChI is InChI=1S/C11H7BrS/c12-11-9-5-7-3-1-2-4-8(7)10(9)6-13-11/h1-6,11H. The molecule has 1 aliphatic carbocycles. The van der Waals surface area contributed by atoms with Gasteiger partial charge in [-0.15, -0.1) is 11.8 Å². The molecule has 0 N–H and O–H groups in total. The zero-order chi connectivity index (χ0) is 8.84. The van der Waals surface area contributed by atoms with Gasteiger partial charge in [0, 0.05) is 0 Å². The molecule has 1 heterocycles. The van der Waals surface area contributed by atoms with E-state index in [0.29, 0.717) is 4.16 Å². The number of benzene rings is 1. The van der Waals surface area contributed by atoms with E-state index in [9.17, 15) is 0 Å². The molecule has 1 unspecified atom stereocenters. The zero-order valence-electron chi connectivity index (χ0n) is 6.83. The number of halogens is 1. The molecule has 0 spiro atoms. The van der Waals surface area contributed by atoms with Crippen molar-refractivity contribution in [3.05, 3.63) is 46.4 Å². The number of allylic oxidation sites excluding steroid dienone is 1. The molecule has 13 heavy (non-hydrogen) atoms. The largest absolute Gasteiger partial charge is 0.113 e. The molecule has 3 rings (SSSR count). The Labute approximate surface area is 89.9 Å². The summed E-state index contributed by atoms with van der Waals surface area (Å²) in [4.78, 5) is 0. The second kappa shape index (κ2) is 2.76. The van der Waals surface area contributed by atoms with Crippen molar-refractivity contribution < 1.29 is 0 Å². The van der Waals surface area contributed by atoms with Crippen molar-refractivity contribution in [2.24, 2.45) is 0 Å². The fourth-order valence-electron chi connectivity index (χ4n) is 1.79. The van der Waals surface area contributed by atoms with Crippen molar-refractivity contribution in [1.82, 2.24) is 0 Å². The molecule has 0 saturated heterocycles. The van der Waals surface area contributed by atoms with Gasteiger partial charge in [-0.25, -0.2) is 0 Å². The first-order valence-corrected chi connectivity index (χ1v) is 6.03. The topological polar surface area (TPSA) is 0 Å². The smallest absolute Gasteiger partial charge is 0.0896 e. The number of hydrogen-bond acceptors (Lipinski definition) is 1. The van der Waals surface area contributed by atoms with Crippen LogP contribution >= 0.6 is 27.7 Å². The van der Waals surface area contributed by atoms with Crippen LogP contribution in [0.5, 0.6) is 0 Å². The van der Waals surface area contributed by atoms with Crippen LogP contribution in [-0.2, 0) is 0 Å². The minimum Gasteiger partial charge on any atom is -0.113 e. The van der Waals surface area contributed by atoms with Gasteiger partial charge in [-0.2, -0.15) is 0 Å². The van der Waals surface area contributed by atoms with E-state index in [1.807, 2.05) is 11.8 Å². The molecule has 2 heteroatoms. The maximum atomic E-state index is 3.65. The van der Waals surface area contributed by atoms with Crippen LogP contribution in [0.1, 0.15) is 11.1 Å². The molecule has 1 aromatic rings. The minimum absolute atomic E-state index is 0.454. The summed E-state index contributed by atoms with van der Waals surface area (Å²) in [5.74, 6) is 0. The summed E-state index contributed by atoms with van der Waals surface area (Å²) in [5, 5.41) is 2.25. The molecule has 0 radical (unpaired) electrons. The van der Waals surface area contributed by atoms with Gasteiger partial charge in [0.05, 0.1) is 4.16 Å². The molecule has 1 atom stereocenters. The van der Waals surface area contributed by atoms with Gasteiger partial charge in [-0.3, -0.25) is 0 Å². The Morgan fingerprint density at radius 1 is 1.23 bits per heavy atom. The molecular weight excluding hydrogens is 244 g/mol. The van der Waals surface area contributed by atoms with Gasteiger partial charge in [0.15, 0.2) is 0 Å². The second-order valence-corrected chi connectivity index (χ2v) is 5.67. The third kappa shape index (κ3) is 1.05. The van der Waals surface area contributed by atoms with Crippen molar-refractivity contribution in [1.29, 1.82) is 0 Å². The Bertz CT molecular complexity index is 431. The molecule has 0 bridgehead atoms. The summed E-state index contributed by atoms with van der Waals surface area (Å²) in [5.41, 5.74) is 5.56. The van der Waals surface area contributed by atoms with Crippen LogP contribution in [0, 0.1) is 0 Å². The highest BCUT2D eigenvalue weighted by atomic mass is 79.9. The van der Waals surface area contributed by atoms with Gasteiger partial charge in [0.25, 0.3) is 0 Å². The summed E-state index contributed by atoms with van der Waals surface area (Å²) < 4.78 is 0.454. The highest BCUT2D eigenvalue weighted by Gasteiger charge is 2.27. The molecule has 0 aromatic heterocycles. The lowest BCUT2D eigenvalue weighted by molar-refractivity contribution is 1.58. The van der Waals surface area contributed by atoms with Crippen LogP contribution < -0.4 is 0 Å². The average Bonchev–Trinajstić information content (AvgIpc) is 2.67. The zero-order valence-corrected chi connectivity index (χ0v) is 9.23. The van der Waals surface area contributed by atoms with Gasteiger partial charge >= 0.3 is 0 Å². The fourth-order valence-corrected chi connectivity index (χ4v) is 3.35. The molecule has 1 aromatic carbocycles. The van der Waals surface area contributed by atoms with Crippen molar-refractivity contribution in [3.8, 4) is 0 Å². The van der Waals surface area contributed by atoms with E-state index in [0.717, 1.165) is 0 Å². The molecular formula is C11H7BrS. The first kappa shape index (κ1) is 7.89. The van der Waals surface area contributed by atoms with E-state index in [1.54, 1.807) is 0 Å². The number of thioether (sulfide) groups is 1. The van der Waals surface area contributed by atoms with Gasteiger partial charge in [-0.05, 0) is 33.8 Å². The third-order valence-electron chi connectivity index (χ3n) is 2.42. The number of fused-ring (bicyclic) bond motifs is 3. The molecule has 0 nitrogen and oxygen atoms in total. The van der Waals surface area contributed by atoms with E-state index in [1.165, 1.54) is 22.3 Å². The SMILES string of the molecule is BrC1SC=C2C1=Cc1ccccc12. The molecule has 0 amide bonds. The predicted octanol–water partition coefficient (Wildman–Crippen LogP) is 3.89.